The van der Waals surface area contributed by atoms with Crippen LogP contribution in [0.2, 0.25) is 0 Å². The van der Waals surface area contributed by atoms with Crippen LogP contribution in [-0.4, -0.2) is 17.4 Å². The summed E-state index contributed by atoms with van der Waals surface area (Å²) in [5.74, 6) is -0.0497. The van der Waals surface area contributed by atoms with Gasteiger partial charge >= 0.3 is 0 Å². The molecule has 0 bridgehead atoms. The maximum Gasteiger partial charge on any atom is 0.251 e. The monoisotopic (exact) mass is 266 g/mol. The number of carbonyl (C=O) groups excluding carboxylic acids is 1. The molecule has 0 saturated heterocycles. The summed E-state index contributed by atoms with van der Waals surface area (Å²) in [5, 5.41) is 2.90. The zero-order valence-electron chi connectivity index (χ0n) is 10.9. The SMILES string of the molecule is O=C(NCCc1ccc2ncoc2c1)c1ccccc1. The third kappa shape index (κ3) is 2.69. The predicted octanol–water partition coefficient (Wildman–Crippen LogP) is 2.80. The molecule has 0 saturated carbocycles. The van der Waals surface area contributed by atoms with Crippen molar-refractivity contribution in [3.63, 3.8) is 0 Å². The minimum atomic E-state index is -0.0497. The van der Waals surface area contributed by atoms with Gasteiger partial charge in [0, 0.05) is 12.1 Å². The Labute approximate surface area is 116 Å². The molecular weight excluding hydrogens is 252 g/mol. The number of hydrogen-bond donors (Lipinski definition) is 1. The first kappa shape index (κ1) is 12.4. The fourth-order valence-electron chi connectivity index (χ4n) is 2.07. The number of hydrogen-bond acceptors (Lipinski definition) is 3. The van der Waals surface area contributed by atoms with Crippen molar-refractivity contribution in [1.29, 1.82) is 0 Å². The molecule has 0 atom stereocenters. The van der Waals surface area contributed by atoms with Gasteiger partial charge in [0.1, 0.15) is 5.52 Å². The van der Waals surface area contributed by atoms with E-state index in [4.69, 9.17) is 4.42 Å². The largest absolute Gasteiger partial charge is 0.443 e. The third-order valence-corrected chi connectivity index (χ3v) is 3.13. The van der Waals surface area contributed by atoms with Crippen molar-refractivity contribution in [2.24, 2.45) is 0 Å². The lowest BCUT2D eigenvalue weighted by molar-refractivity contribution is 0.0954. The lowest BCUT2D eigenvalue weighted by atomic mass is 10.1. The summed E-state index contributed by atoms with van der Waals surface area (Å²) in [5.41, 5.74) is 3.42. The molecule has 1 amide bonds. The number of nitrogens with one attached hydrogen (secondary N) is 1. The molecule has 0 fully saturated rings. The molecule has 3 aromatic rings. The fraction of sp³-hybridized carbons (Fsp3) is 0.125. The molecule has 0 aliphatic rings. The quantitative estimate of drug-likeness (QED) is 0.790. The molecular formula is C16H14N2O2. The van der Waals surface area contributed by atoms with Gasteiger partial charge < -0.3 is 9.73 Å². The average molecular weight is 266 g/mol. The van der Waals surface area contributed by atoms with Gasteiger partial charge in [0.2, 0.25) is 0 Å². The second-order valence-corrected chi connectivity index (χ2v) is 4.53. The smallest absolute Gasteiger partial charge is 0.251 e. The van der Waals surface area contributed by atoms with Gasteiger partial charge in [-0.15, -0.1) is 0 Å². The molecule has 0 unspecified atom stereocenters. The molecule has 2 aromatic carbocycles. The minimum absolute atomic E-state index is 0.0497. The highest BCUT2D eigenvalue weighted by Crippen LogP contribution is 2.14. The zero-order chi connectivity index (χ0) is 13.8. The molecule has 0 spiro atoms. The standard InChI is InChI=1S/C16H14N2O2/c19-16(13-4-2-1-3-5-13)17-9-8-12-6-7-14-15(10-12)20-11-18-14/h1-7,10-11H,8-9H2,(H,17,19). The van der Waals surface area contributed by atoms with Crippen LogP contribution in [0.15, 0.2) is 59.3 Å². The Kier molecular flexibility index (Phi) is 3.46. The van der Waals surface area contributed by atoms with Crippen molar-refractivity contribution in [2.75, 3.05) is 6.54 Å². The Morgan fingerprint density at radius 1 is 1.15 bits per heavy atom. The van der Waals surface area contributed by atoms with Gasteiger partial charge in [-0.05, 0) is 36.2 Å². The summed E-state index contributed by atoms with van der Waals surface area (Å²) >= 11 is 0. The average Bonchev–Trinajstić information content (AvgIpc) is 2.95. The van der Waals surface area contributed by atoms with Gasteiger partial charge in [-0.1, -0.05) is 24.3 Å². The van der Waals surface area contributed by atoms with Crippen LogP contribution >= 0.6 is 0 Å². The molecule has 1 N–H and O–H groups in total. The number of nitrogens with zero attached hydrogens (tertiary/aromatic N) is 1. The topological polar surface area (TPSA) is 55.1 Å². The van der Waals surface area contributed by atoms with Crippen LogP contribution in [0.4, 0.5) is 0 Å². The third-order valence-electron chi connectivity index (χ3n) is 3.13. The maximum atomic E-state index is 11.9. The lowest BCUT2D eigenvalue weighted by Crippen LogP contribution is -2.25. The highest BCUT2D eigenvalue weighted by atomic mass is 16.3. The molecule has 3 rings (SSSR count). The number of benzene rings is 2. The lowest BCUT2D eigenvalue weighted by Gasteiger charge is -2.05. The first-order valence-electron chi connectivity index (χ1n) is 6.48. The van der Waals surface area contributed by atoms with Crippen molar-refractivity contribution in [3.8, 4) is 0 Å². The minimum Gasteiger partial charge on any atom is -0.443 e. The van der Waals surface area contributed by atoms with E-state index in [1.54, 1.807) is 12.1 Å². The van der Waals surface area contributed by atoms with E-state index in [1.807, 2.05) is 36.4 Å². The summed E-state index contributed by atoms with van der Waals surface area (Å²) in [6.07, 6.45) is 2.20. The summed E-state index contributed by atoms with van der Waals surface area (Å²) in [6.45, 7) is 0.591. The molecule has 1 aromatic heterocycles. The predicted molar refractivity (Wildman–Crippen MR) is 76.5 cm³/mol. The van der Waals surface area contributed by atoms with E-state index in [9.17, 15) is 4.79 Å². The first-order valence-corrected chi connectivity index (χ1v) is 6.48. The van der Waals surface area contributed by atoms with Crippen LogP contribution in [-0.2, 0) is 6.42 Å². The Morgan fingerprint density at radius 2 is 2.00 bits per heavy atom. The van der Waals surface area contributed by atoms with E-state index in [0.29, 0.717) is 12.1 Å². The number of amides is 1. The Bertz CT molecular complexity index is 719. The Morgan fingerprint density at radius 3 is 2.85 bits per heavy atom. The van der Waals surface area contributed by atoms with Crippen LogP contribution in [0.3, 0.4) is 0 Å². The Balaban J connectivity index is 1.58. The molecule has 100 valence electrons. The highest BCUT2D eigenvalue weighted by Gasteiger charge is 2.04. The van der Waals surface area contributed by atoms with Gasteiger partial charge in [-0.25, -0.2) is 4.98 Å². The normalized spacial score (nSPS) is 10.6. The molecule has 0 radical (unpaired) electrons. The van der Waals surface area contributed by atoms with Crippen LogP contribution in [0.5, 0.6) is 0 Å². The fourth-order valence-corrected chi connectivity index (χ4v) is 2.07. The second-order valence-electron chi connectivity index (χ2n) is 4.53. The molecule has 0 aliphatic heterocycles. The van der Waals surface area contributed by atoms with Crippen LogP contribution in [0.25, 0.3) is 11.1 Å². The van der Waals surface area contributed by atoms with Crippen molar-refractivity contribution in [1.82, 2.24) is 10.3 Å². The summed E-state index contributed by atoms with van der Waals surface area (Å²) in [7, 11) is 0. The van der Waals surface area contributed by atoms with Crippen LogP contribution in [0.1, 0.15) is 15.9 Å². The molecule has 1 heterocycles. The van der Waals surface area contributed by atoms with Gasteiger partial charge in [0.25, 0.3) is 5.91 Å². The number of aromatic nitrogens is 1. The van der Waals surface area contributed by atoms with Crippen molar-refractivity contribution in [3.05, 3.63) is 66.1 Å². The van der Waals surface area contributed by atoms with Gasteiger partial charge in [0.15, 0.2) is 12.0 Å². The van der Waals surface area contributed by atoms with E-state index in [0.717, 1.165) is 23.1 Å². The number of oxazole rings is 1. The second kappa shape index (κ2) is 5.57. The molecule has 4 nitrogen and oxygen atoms in total. The van der Waals surface area contributed by atoms with E-state index in [2.05, 4.69) is 10.3 Å². The summed E-state index contributed by atoms with van der Waals surface area (Å²) in [4.78, 5) is 15.9. The first-order chi connectivity index (χ1) is 9.83. The van der Waals surface area contributed by atoms with E-state index >= 15 is 0 Å². The van der Waals surface area contributed by atoms with Crippen molar-refractivity contribution < 1.29 is 9.21 Å². The van der Waals surface area contributed by atoms with Gasteiger partial charge in [-0.3, -0.25) is 4.79 Å². The number of carbonyl (C=O) groups is 1. The van der Waals surface area contributed by atoms with E-state index < -0.39 is 0 Å². The van der Waals surface area contributed by atoms with E-state index in [-0.39, 0.29) is 5.91 Å². The van der Waals surface area contributed by atoms with Crippen molar-refractivity contribution >= 4 is 17.0 Å². The summed E-state index contributed by atoms with van der Waals surface area (Å²) in [6, 6.07) is 15.1. The number of fused-ring (bicyclic) bond motifs is 1. The van der Waals surface area contributed by atoms with Gasteiger partial charge in [0.05, 0.1) is 0 Å². The van der Waals surface area contributed by atoms with Crippen LogP contribution in [0, 0.1) is 0 Å². The molecule has 0 aliphatic carbocycles. The van der Waals surface area contributed by atoms with Crippen molar-refractivity contribution in [2.45, 2.75) is 6.42 Å². The zero-order valence-corrected chi connectivity index (χ0v) is 10.9. The summed E-state index contributed by atoms with van der Waals surface area (Å²) < 4.78 is 5.26. The maximum absolute atomic E-state index is 11.9. The highest BCUT2D eigenvalue weighted by molar-refractivity contribution is 5.94. The number of rotatable bonds is 4. The Hall–Kier alpha value is -2.62. The van der Waals surface area contributed by atoms with Crippen LogP contribution < -0.4 is 5.32 Å². The van der Waals surface area contributed by atoms with Gasteiger partial charge in [-0.2, -0.15) is 0 Å². The molecule has 4 heteroatoms. The molecule has 20 heavy (non-hydrogen) atoms. The van der Waals surface area contributed by atoms with E-state index in [1.165, 1.54) is 6.39 Å².